The highest BCUT2D eigenvalue weighted by Gasteiger charge is 2.34. The first-order chi connectivity index (χ1) is 13.3. The van der Waals surface area contributed by atoms with E-state index >= 15 is 0 Å². The molecule has 0 unspecified atom stereocenters. The van der Waals surface area contributed by atoms with Gasteiger partial charge >= 0.3 is 0 Å². The maximum absolute atomic E-state index is 13.0. The van der Waals surface area contributed by atoms with Crippen LogP contribution in [0.15, 0.2) is 35.9 Å². The van der Waals surface area contributed by atoms with E-state index < -0.39 is 0 Å². The Hall–Kier alpha value is -1.61. The quantitative estimate of drug-likeness (QED) is 0.597. The number of carbonyl (C=O) groups excluding carboxylic acids is 1. The van der Waals surface area contributed by atoms with Crippen molar-refractivity contribution < 1.29 is 4.79 Å². The Morgan fingerprint density at radius 3 is 2.52 bits per heavy atom. The molecule has 1 N–H and O–H groups in total. The largest absolute Gasteiger partial charge is 0.338 e. The van der Waals surface area contributed by atoms with Gasteiger partial charge in [0.1, 0.15) is 0 Å². The lowest BCUT2D eigenvalue weighted by Crippen LogP contribution is -2.41. The zero-order chi connectivity index (χ0) is 18.9. The van der Waals surface area contributed by atoms with Crippen LogP contribution < -0.4 is 5.32 Å². The van der Waals surface area contributed by atoms with Gasteiger partial charge in [-0.2, -0.15) is 0 Å². The average molecular weight is 369 g/mol. The van der Waals surface area contributed by atoms with Crippen molar-refractivity contribution in [2.24, 2.45) is 11.8 Å². The molecule has 1 amide bonds. The fraction of sp³-hybridized carbons (Fsp3) is 0.625. The van der Waals surface area contributed by atoms with Gasteiger partial charge in [-0.05, 0) is 63.1 Å². The van der Waals surface area contributed by atoms with Crippen molar-refractivity contribution in [2.75, 3.05) is 26.2 Å². The van der Waals surface area contributed by atoms with Crippen molar-refractivity contribution in [1.29, 1.82) is 0 Å². The van der Waals surface area contributed by atoms with Crippen molar-refractivity contribution in [3.05, 3.63) is 41.5 Å². The molecular weight excluding hydrogens is 332 g/mol. The van der Waals surface area contributed by atoms with E-state index in [-0.39, 0.29) is 0 Å². The number of nitrogens with zero attached hydrogens (tertiary/aromatic N) is 1. The molecule has 3 rings (SSSR count). The van der Waals surface area contributed by atoms with E-state index in [1.54, 1.807) is 0 Å². The first kappa shape index (κ1) is 20.1. The molecule has 0 atom stereocenters. The van der Waals surface area contributed by atoms with Crippen LogP contribution in [-0.4, -0.2) is 37.0 Å². The van der Waals surface area contributed by atoms with Gasteiger partial charge in [-0.25, -0.2) is 0 Å². The van der Waals surface area contributed by atoms with Crippen molar-refractivity contribution in [3.63, 3.8) is 0 Å². The molecule has 1 aromatic carbocycles. The van der Waals surface area contributed by atoms with Gasteiger partial charge in [-0.15, -0.1) is 0 Å². The molecule has 1 aliphatic heterocycles. The third-order valence-corrected chi connectivity index (χ3v) is 5.84. The van der Waals surface area contributed by atoms with Crippen molar-refractivity contribution >= 4 is 12.0 Å². The number of benzene rings is 1. The highest BCUT2D eigenvalue weighted by Crippen LogP contribution is 2.32. The maximum atomic E-state index is 13.0. The van der Waals surface area contributed by atoms with Crippen LogP contribution in [-0.2, 0) is 4.79 Å². The summed E-state index contributed by atoms with van der Waals surface area (Å²) < 4.78 is 0. The monoisotopic (exact) mass is 368 g/mol. The molecule has 2 aliphatic rings. The smallest absolute Gasteiger partial charge is 0.225 e. The molecule has 1 aromatic rings. The third-order valence-electron chi connectivity index (χ3n) is 5.84. The molecule has 1 saturated carbocycles. The van der Waals surface area contributed by atoms with Gasteiger partial charge in [0.2, 0.25) is 5.91 Å². The maximum Gasteiger partial charge on any atom is 0.225 e. The first-order valence-electron chi connectivity index (χ1n) is 11.0. The molecule has 1 saturated heterocycles. The number of hydrogen-bond acceptors (Lipinski definition) is 2. The lowest BCUT2D eigenvalue weighted by Gasteiger charge is -2.31. The Bertz CT molecular complexity index is 600. The van der Waals surface area contributed by atoms with Gasteiger partial charge < -0.3 is 10.2 Å². The van der Waals surface area contributed by atoms with E-state index in [2.05, 4.69) is 53.5 Å². The van der Waals surface area contributed by atoms with Crippen LogP contribution >= 0.6 is 0 Å². The van der Waals surface area contributed by atoms with Crippen molar-refractivity contribution in [3.8, 4) is 0 Å². The van der Waals surface area contributed by atoms with Crippen LogP contribution in [0.4, 0.5) is 0 Å². The van der Waals surface area contributed by atoms with Gasteiger partial charge in [0.05, 0.1) is 0 Å². The summed E-state index contributed by atoms with van der Waals surface area (Å²) in [4.78, 5) is 15.2. The van der Waals surface area contributed by atoms with Gasteiger partial charge in [0.25, 0.3) is 0 Å². The minimum atomic E-state index is 0.306. The number of rotatable bonds is 10. The number of unbranched alkanes of at least 4 members (excludes halogenated alkanes) is 2. The summed E-state index contributed by atoms with van der Waals surface area (Å²) >= 11 is 0. The number of hydrogen-bond donors (Lipinski definition) is 1. The summed E-state index contributed by atoms with van der Waals surface area (Å²) in [6.45, 7) is 6.20. The van der Waals surface area contributed by atoms with Crippen molar-refractivity contribution in [1.82, 2.24) is 10.2 Å². The number of nitrogens with one attached hydrogen (secondary N) is 1. The Morgan fingerprint density at radius 2 is 1.85 bits per heavy atom. The number of carbonyl (C=O) groups is 1. The molecule has 2 fully saturated rings. The topological polar surface area (TPSA) is 32.3 Å². The molecule has 0 spiro atoms. The van der Waals surface area contributed by atoms with Crippen LogP contribution in [0, 0.1) is 11.8 Å². The van der Waals surface area contributed by atoms with Crippen LogP contribution in [0.3, 0.4) is 0 Å². The SMILES string of the molecule is CCCCC/C(=C\c1ccccc1)CN(CC1CCNCC1)C(=O)C1CC1. The van der Waals surface area contributed by atoms with Crippen LogP contribution in [0.2, 0.25) is 0 Å². The van der Waals surface area contributed by atoms with Crippen LogP contribution in [0.1, 0.15) is 63.9 Å². The molecule has 0 radical (unpaired) electrons. The lowest BCUT2D eigenvalue weighted by atomic mass is 9.96. The first-order valence-corrected chi connectivity index (χ1v) is 11.0. The van der Waals surface area contributed by atoms with E-state index in [0.29, 0.717) is 17.7 Å². The summed E-state index contributed by atoms with van der Waals surface area (Å²) in [6, 6.07) is 10.6. The molecular formula is C24H36N2O. The highest BCUT2D eigenvalue weighted by molar-refractivity contribution is 5.81. The van der Waals surface area contributed by atoms with E-state index in [9.17, 15) is 4.79 Å². The number of amides is 1. The van der Waals surface area contributed by atoms with Crippen LogP contribution in [0.5, 0.6) is 0 Å². The zero-order valence-corrected chi connectivity index (χ0v) is 17.0. The molecule has 1 aliphatic carbocycles. The minimum absolute atomic E-state index is 0.306. The van der Waals surface area contributed by atoms with Crippen LogP contribution in [0.25, 0.3) is 6.08 Å². The number of piperidine rings is 1. The Morgan fingerprint density at radius 1 is 1.11 bits per heavy atom. The fourth-order valence-corrected chi connectivity index (χ4v) is 4.03. The predicted molar refractivity (Wildman–Crippen MR) is 113 cm³/mol. The predicted octanol–water partition coefficient (Wildman–Crippen LogP) is 4.89. The summed E-state index contributed by atoms with van der Waals surface area (Å²) in [5.74, 6) is 1.37. The summed E-state index contributed by atoms with van der Waals surface area (Å²) in [5, 5.41) is 3.45. The standard InChI is InChI=1S/C24H36N2O/c1-2-3-5-10-22(17-20-8-6-4-7-9-20)19-26(24(27)23-11-12-23)18-21-13-15-25-16-14-21/h4,6-9,17,21,23,25H,2-3,5,10-16,18-19H2,1H3/b22-17+. The molecule has 0 aromatic heterocycles. The van der Waals surface area contributed by atoms with E-state index in [1.807, 2.05) is 0 Å². The van der Waals surface area contributed by atoms with Gasteiger partial charge in [0.15, 0.2) is 0 Å². The lowest BCUT2D eigenvalue weighted by molar-refractivity contribution is -0.132. The highest BCUT2D eigenvalue weighted by atomic mass is 16.2. The minimum Gasteiger partial charge on any atom is -0.338 e. The summed E-state index contributed by atoms with van der Waals surface area (Å²) in [7, 11) is 0. The van der Waals surface area contributed by atoms with E-state index in [4.69, 9.17) is 0 Å². The summed E-state index contributed by atoms with van der Waals surface area (Å²) in [5.41, 5.74) is 2.67. The van der Waals surface area contributed by atoms with Gasteiger partial charge in [-0.1, -0.05) is 61.7 Å². The zero-order valence-electron chi connectivity index (χ0n) is 17.0. The normalized spacial score (nSPS) is 18.5. The molecule has 0 bridgehead atoms. The third kappa shape index (κ3) is 6.80. The molecule has 27 heavy (non-hydrogen) atoms. The van der Waals surface area contributed by atoms with E-state index in [0.717, 1.165) is 45.4 Å². The Labute approximate surface area is 165 Å². The molecule has 1 heterocycles. The fourth-order valence-electron chi connectivity index (χ4n) is 4.03. The second-order valence-electron chi connectivity index (χ2n) is 8.36. The Kier molecular flexibility index (Phi) is 7.94. The second-order valence-corrected chi connectivity index (χ2v) is 8.36. The molecule has 3 heteroatoms. The van der Waals surface area contributed by atoms with Gasteiger partial charge in [0, 0.05) is 19.0 Å². The van der Waals surface area contributed by atoms with E-state index in [1.165, 1.54) is 43.2 Å². The second kappa shape index (κ2) is 10.7. The molecule has 148 valence electrons. The summed E-state index contributed by atoms with van der Waals surface area (Å²) in [6.07, 6.45) is 11.7. The van der Waals surface area contributed by atoms with Crippen molar-refractivity contribution in [2.45, 2.75) is 58.3 Å². The molecule has 3 nitrogen and oxygen atoms in total. The average Bonchev–Trinajstić information content (AvgIpc) is 3.54. The Balaban J connectivity index is 1.70. The van der Waals surface area contributed by atoms with Gasteiger partial charge in [-0.3, -0.25) is 4.79 Å².